The summed E-state index contributed by atoms with van der Waals surface area (Å²) in [7, 11) is 1.71. The highest BCUT2D eigenvalue weighted by Crippen LogP contribution is 2.12. The van der Waals surface area contributed by atoms with Crippen LogP contribution in [-0.2, 0) is 7.05 Å². The van der Waals surface area contributed by atoms with Gasteiger partial charge in [0.05, 0.1) is 11.9 Å². The Bertz CT molecular complexity index is 557. The van der Waals surface area contributed by atoms with Crippen LogP contribution in [0.2, 0.25) is 0 Å². The van der Waals surface area contributed by atoms with Gasteiger partial charge in [0.2, 0.25) is 0 Å². The maximum atomic E-state index is 11.6. The van der Waals surface area contributed by atoms with E-state index in [-0.39, 0.29) is 5.56 Å². The number of pyridine rings is 2. The van der Waals surface area contributed by atoms with Gasteiger partial charge in [0.15, 0.2) is 0 Å². The monoisotopic (exact) mass is 189 g/mol. The number of rotatable bonds is 0. The zero-order valence-electron chi connectivity index (χ0n) is 8.11. The first-order valence-corrected chi connectivity index (χ1v) is 4.31. The zero-order chi connectivity index (χ0) is 10.3. The molecule has 0 aliphatic rings. The summed E-state index contributed by atoms with van der Waals surface area (Å²) in [6.45, 7) is 1.78. The first kappa shape index (κ1) is 8.74. The predicted molar refractivity (Wildman–Crippen MR) is 56.1 cm³/mol. The Morgan fingerprint density at radius 1 is 1.43 bits per heavy atom. The molecule has 2 aromatic rings. The molecule has 2 rings (SSSR count). The molecular formula is C10H11N3O. The first-order chi connectivity index (χ1) is 6.59. The molecule has 0 saturated carbocycles. The van der Waals surface area contributed by atoms with Crippen LogP contribution < -0.4 is 11.3 Å². The molecule has 0 spiro atoms. The van der Waals surface area contributed by atoms with Crippen molar-refractivity contribution < 1.29 is 0 Å². The van der Waals surface area contributed by atoms with Gasteiger partial charge in [-0.1, -0.05) is 0 Å². The van der Waals surface area contributed by atoms with Crippen molar-refractivity contribution in [1.82, 2.24) is 9.55 Å². The summed E-state index contributed by atoms with van der Waals surface area (Å²) in [5.41, 5.74) is 7.56. The number of aryl methyl sites for hydroxylation is 2. The minimum absolute atomic E-state index is 0.0187. The molecule has 0 unspecified atom stereocenters. The summed E-state index contributed by atoms with van der Waals surface area (Å²) in [5, 5.41) is 0.893. The van der Waals surface area contributed by atoms with Crippen molar-refractivity contribution in [1.29, 1.82) is 0 Å². The van der Waals surface area contributed by atoms with E-state index in [1.807, 2.05) is 6.07 Å². The molecular weight excluding hydrogens is 178 g/mol. The normalized spacial score (nSPS) is 10.7. The zero-order valence-corrected chi connectivity index (χ0v) is 8.11. The van der Waals surface area contributed by atoms with Crippen molar-refractivity contribution in [3.05, 3.63) is 34.2 Å². The number of nitrogens with two attached hydrogens (primary N) is 1. The number of nitrogens with zero attached hydrogens (tertiary/aromatic N) is 2. The van der Waals surface area contributed by atoms with Crippen molar-refractivity contribution in [2.45, 2.75) is 6.92 Å². The van der Waals surface area contributed by atoms with Gasteiger partial charge in [0.25, 0.3) is 5.56 Å². The van der Waals surface area contributed by atoms with Gasteiger partial charge in [-0.25, -0.2) is 4.98 Å². The Labute approximate surface area is 81.0 Å². The number of fused-ring (bicyclic) bond motifs is 1. The lowest BCUT2D eigenvalue weighted by Crippen LogP contribution is -2.19. The molecule has 14 heavy (non-hydrogen) atoms. The highest BCUT2D eigenvalue weighted by Gasteiger charge is 2.03. The van der Waals surface area contributed by atoms with Crippen LogP contribution in [0.4, 0.5) is 5.69 Å². The van der Waals surface area contributed by atoms with Gasteiger partial charge in [-0.15, -0.1) is 0 Å². The summed E-state index contributed by atoms with van der Waals surface area (Å²) in [6, 6.07) is 3.62. The van der Waals surface area contributed by atoms with E-state index in [1.54, 1.807) is 26.2 Å². The molecule has 0 atom stereocenters. The lowest BCUT2D eigenvalue weighted by atomic mass is 10.2. The molecule has 4 nitrogen and oxygen atoms in total. The SMILES string of the molecule is Cc1cc2cc(N)cnc2n(C)c1=O. The Kier molecular flexibility index (Phi) is 1.77. The van der Waals surface area contributed by atoms with Crippen molar-refractivity contribution in [2.75, 3.05) is 5.73 Å². The number of anilines is 1. The fourth-order valence-electron chi connectivity index (χ4n) is 1.53. The summed E-state index contributed by atoms with van der Waals surface area (Å²) in [6.07, 6.45) is 1.55. The molecule has 0 amide bonds. The van der Waals surface area contributed by atoms with Crippen molar-refractivity contribution in [3.8, 4) is 0 Å². The van der Waals surface area contributed by atoms with E-state index in [0.717, 1.165) is 5.39 Å². The Morgan fingerprint density at radius 3 is 2.86 bits per heavy atom. The third kappa shape index (κ3) is 1.16. The van der Waals surface area contributed by atoms with Gasteiger partial charge < -0.3 is 5.73 Å². The molecule has 0 aliphatic heterocycles. The average Bonchev–Trinajstić information content (AvgIpc) is 2.14. The average molecular weight is 189 g/mol. The standard InChI is InChI=1S/C10H11N3O/c1-6-3-7-4-8(11)5-12-9(7)13(2)10(6)14/h3-5H,11H2,1-2H3. The molecule has 4 heteroatoms. The van der Waals surface area contributed by atoms with Gasteiger partial charge in [-0.3, -0.25) is 9.36 Å². The summed E-state index contributed by atoms with van der Waals surface area (Å²) in [4.78, 5) is 15.7. The second-order valence-corrected chi connectivity index (χ2v) is 3.37. The largest absolute Gasteiger partial charge is 0.397 e. The fraction of sp³-hybridized carbons (Fsp3) is 0.200. The molecule has 0 fully saturated rings. The fourth-order valence-corrected chi connectivity index (χ4v) is 1.53. The molecule has 2 N–H and O–H groups in total. The van der Waals surface area contributed by atoms with Crippen LogP contribution in [0.15, 0.2) is 23.1 Å². The van der Waals surface area contributed by atoms with Crippen molar-refractivity contribution >= 4 is 16.7 Å². The lowest BCUT2D eigenvalue weighted by molar-refractivity contribution is 0.876. The molecule has 2 aromatic heterocycles. The van der Waals surface area contributed by atoms with Crippen LogP contribution in [0.5, 0.6) is 0 Å². The molecule has 0 aromatic carbocycles. The van der Waals surface area contributed by atoms with E-state index >= 15 is 0 Å². The number of hydrogen-bond donors (Lipinski definition) is 1. The van der Waals surface area contributed by atoms with E-state index in [4.69, 9.17) is 5.73 Å². The van der Waals surface area contributed by atoms with E-state index < -0.39 is 0 Å². The van der Waals surface area contributed by atoms with E-state index in [1.165, 1.54) is 4.57 Å². The highest BCUT2D eigenvalue weighted by molar-refractivity contribution is 5.78. The highest BCUT2D eigenvalue weighted by atomic mass is 16.1. The van der Waals surface area contributed by atoms with E-state index in [2.05, 4.69) is 4.98 Å². The quantitative estimate of drug-likeness (QED) is 0.667. The van der Waals surface area contributed by atoms with Crippen LogP contribution in [-0.4, -0.2) is 9.55 Å². The van der Waals surface area contributed by atoms with Crippen LogP contribution in [0, 0.1) is 6.92 Å². The minimum atomic E-state index is -0.0187. The van der Waals surface area contributed by atoms with Crippen LogP contribution in [0.1, 0.15) is 5.56 Å². The maximum Gasteiger partial charge on any atom is 0.254 e. The van der Waals surface area contributed by atoms with Crippen molar-refractivity contribution in [3.63, 3.8) is 0 Å². The summed E-state index contributed by atoms with van der Waals surface area (Å²) >= 11 is 0. The summed E-state index contributed by atoms with van der Waals surface area (Å²) in [5.74, 6) is 0. The predicted octanol–water partition coefficient (Wildman–Crippen LogP) is 0.824. The Balaban J connectivity index is 2.98. The van der Waals surface area contributed by atoms with Crippen molar-refractivity contribution in [2.24, 2.45) is 7.05 Å². The molecule has 0 aliphatic carbocycles. The minimum Gasteiger partial charge on any atom is -0.397 e. The summed E-state index contributed by atoms with van der Waals surface area (Å²) < 4.78 is 1.53. The molecule has 2 heterocycles. The van der Waals surface area contributed by atoms with Gasteiger partial charge in [-0.05, 0) is 19.1 Å². The maximum absolute atomic E-state index is 11.6. The van der Waals surface area contributed by atoms with E-state index in [0.29, 0.717) is 16.9 Å². The third-order valence-corrected chi connectivity index (χ3v) is 2.25. The number of nitrogen functional groups attached to an aromatic ring is 1. The van der Waals surface area contributed by atoms with Crippen LogP contribution in [0.25, 0.3) is 11.0 Å². The molecule has 0 saturated heterocycles. The molecule has 72 valence electrons. The Hall–Kier alpha value is -1.84. The van der Waals surface area contributed by atoms with Gasteiger partial charge in [0.1, 0.15) is 5.65 Å². The van der Waals surface area contributed by atoms with Crippen LogP contribution >= 0.6 is 0 Å². The number of hydrogen-bond acceptors (Lipinski definition) is 3. The molecule has 0 bridgehead atoms. The van der Waals surface area contributed by atoms with Gasteiger partial charge >= 0.3 is 0 Å². The Morgan fingerprint density at radius 2 is 2.14 bits per heavy atom. The third-order valence-electron chi connectivity index (χ3n) is 2.25. The number of aromatic nitrogens is 2. The van der Waals surface area contributed by atoms with E-state index in [9.17, 15) is 4.79 Å². The van der Waals surface area contributed by atoms with Crippen LogP contribution in [0.3, 0.4) is 0 Å². The smallest absolute Gasteiger partial charge is 0.254 e. The second kappa shape index (κ2) is 2.83. The van der Waals surface area contributed by atoms with Gasteiger partial charge in [0, 0.05) is 18.0 Å². The second-order valence-electron chi connectivity index (χ2n) is 3.37. The first-order valence-electron chi connectivity index (χ1n) is 4.31. The topological polar surface area (TPSA) is 60.9 Å². The molecule has 0 radical (unpaired) electrons. The van der Waals surface area contributed by atoms with Gasteiger partial charge in [-0.2, -0.15) is 0 Å². The lowest BCUT2D eigenvalue weighted by Gasteiger charge is -2.05.